The van der Waals surface area contributed by atoms with E-state index < -0.39 is 5.60 Å². The summed E-state index contributed by atoms with van der Waals surface area (Å²) in [7, 11) is 0. The van der Waals surface area contributed by atoms with Gasteiger partial charge in [0, 0.05) is 6.61 Å². The van der Waals surface area contributed by atoms with E-state index in [0.29, 0.717) is 5.92 Å². The highest BCUT2D eigenvalue weighted by Crippen LogP contribution is 2.45. The lowest BCUT2D eigenvalue weighted by molar-refractivity contribution is -0.137. The molecule has 2 unspecified atom stereocenters. The summed E-state index contributed by atoms with van der Waals surface area (Å²) >= 11 is 0. The zero-order valence-corrected chi connectivity index (χ0v) is 11.1. The molecule has 0 aromatic heterocycles. The lowest BCUT2D eigenvalue weighted by Crippen LogP contribution is -2.46. The summed E-state index contributed by atoms with van der Waals surface area (Å²) < 4.78 is 6.03. The van der Waals surface area contributed by atoms with Crippen molar-refractivity contribution >= 4 is 0 Å². The van der Waals surface area contributed by atoms with Gasteiger partial charge >= 0.3 is 0 Å². The quantitative estimate of drug-likeness (QED) is 0.760. The molecule has 1 aliphatic heterocycles. The second kappa shape index (κ2) is 5.11. The summed E-state index contributed by atoms with van der Waals surface area (Å²) in [6.45, 7) is 6.57. The van der Waals surface area contributed by atoms with E-state index in [-0.39, 0.29) is 5.60 Å². The summed E-state index contributed by atoms with van der Waals surface area (Å²) in [6.07, 6.45) is 10.7. The monoisotopic (exact) mass is 238 g/mol. The van der Waals surface area contributed by atoms with Crippen molar-refractivity contribution in [3.8, 4) is 0 Å². The van der Waals surface area contributed by atoms with Crippen LogP contribution in [0.2, 0.25) is 0 Å². The van der Waals surface area contributed by atoms with E-state index in [2.05, 4.69) is 6.58 Å². The average molecular weight is 238 g/mol. The molecule has 0 aromatic rings. The van der Waals surface area contributed by atoms with Crippen molar-refractivity contribution in [1.29, 1.82) is 0 Å². The summed E-state index contributed by atoms with van der Waals surface area (Å²) in [4.78, 5) is 0. The maximum absolute atomic E-state index is 10.6. The summed E-state index contributed by atoms with van der Waals surface area (Å²) in [5.74, 6) is 0.397. The van der Waals surface area contributed by atoms with Gasteiger partial charge in [-0.3, -0.25) is 0 Å². The number of ether oxygens (including phenoxy) is 1. The highest BCUT2D eigenvalue weighted by molar-refractivity contribution is 4.96. The highest BCUT2D eigenvalue weighted by atomic mass is 16.5. The van der Waals surface area contributed by atoms with Crippen LogP contribution < -0.4 is 0 Å². The van der Waals surface area contributed by atoms with Crippen LogP contribution in [0.4, 0.5) is 0 Å². The predicted molar refractivity (Wildman–Crippen MR) is 69.9 cm³/mol. The van der Waals surface area contributed by atoms with Crippen molar-refractivity contribution in [2.24, 2.45) is 5.92 Å². The summed E-state index contributed by atoms with van der Waals surface area (Å²) in [5, 5.41) is 10.6. The van der Waals surface area contributed by atoms with Gasteiger partial charge in [-0.1, -0.05) is 18.9 Å². The third-order valence-corrected chi connectivity index (χ3v) is 4.74. The smallest absolute Gasteiger partial charge is 0.0686 e. The molecule has 1 N–H and O–H groups in total. The van der Waals surface area contributed by atoms with Crippen LogP contribution in [0.5, 0.6) is 0 Å². The fourth-order valence-electron chi connectivity index (χ4n) is 3.52. The number of aliphatic hydroxyl groups is 1. The molecule has 2 rings (SSSR count). The first-order chi connectivity index (χ1) is 8.08. The molecule has 1 saturated carbocycles. The Kier molecular flexibility index (Phi) is 3.94. The predicted octanol–water partition coefficient (Wildman–Crippen LogP) is 3.44. The molecule has 0 bridgehead atoms. The fraction of sp³-hybridized carbons (Fsp3) is 0.867. The molecule has 0 amide bonds. The summed E-state index contributed by atoms with van der Waals surface area (Å²) in [6, 6.07) is 0. The molecule has 1 heterocycles. The Morgan fingerprint density at radius 3 is 2.82 bits per heavy atom. The van der Waals surface area contributed by atoms with Crippen molar-refractivity contribution in [3.05, 3.63) is 12.7 Å². The molecule has 2 heteroatoms. The first-order valence-electron chi connectivity index (χ1n) is 7.05. The second-order valence-corrected chi connectivity index (χ2v) is 6.11. The van der Waals surface area contributed by atoms with Gasteiger partial charge in [0.2, 0.25) is 0 Å². The Hall–Kier alpha value is -0.340. The van der Waals surface area contributed by atoms with E-state index in [0.717, 1.165) is 32.3 Å². The lowest BCUT2D eigenvalue weighted by Gasteiger charge is -2.44. The van der Waals surface area contributed by atoms with E-state index in [1.165, 1.54) is 25.7 Å². The molecule has 2 atom stereocenters. The molecular weight excluding hydrogens is 212 g/mol. The maximum atomic E-state index is 10.6. The number of hydrogen-bond donors (Lipinski definition) is 1. The van der Waals surface area contributed by atoms with Crippen LogP contribution in [-0.2, 0) is 4.74 Å². The van der Waals surface area contributed by atoms with Gasteiger partial charge in [-0.05, 0) is 51.4 Å². The van der Waals surface area contributed by atoms with Gasteiger partial charge in [0.15, 0.2) is 0 Å². The molecule has 0 radical (unpaired) electrons. The first-order valence-corrected chi connectivity index (χ1v) is 7.05. The Morgan fingerprint density at radius 2 is 2.18 bits per heavy atom. The van der Waals surface area contributed by atoms with E-state index in [4.69, 9.17) is 4.74 Å². The molecule has 2 fully saturated rings. The highest BCUT2D eigenvalue weighted by Gasteiger charge is 2.44. The molecule has 17 heavy (non-hydrogen) atoms. The van der Waals surface area contributed by atoms with Gasteiger partial charge < -0.3 is 9.84 Å². The zero-order chi connectivity index (χ0) is 12.4. The Morgan fingerprint density at radius 1 is 1.47 bits per heavy atom. The molecule has 98 valence electrons. The van der Waals surface area contributed by atoms with Gasteiger partial charge in [0.1, 0.15) is 0 Å². The van der Waals surface area contributed by atoms with Crippen LogP contribution in [0.25, 0.3) is 0 Å². The summed E-state index contributed by atoms with van der Waals surface area (Å²) in [5.41, 5.74) is -0.436. The molecule has 2 aliphatic rings. The van der Waals surface area contributed by atoms with Gasteiger partial charge in [0.25, 0.3) is 0 Å². The van der Waals surface area contributed by atoms with Crippen molar-refractivity contribution in [2.45, 2.75) is 69.5 Å². The minimum absolute atomic E-state index is 0.112. The van der Waals surface area contributed by atoms with Crippen molar-refractivity contribution in [3.63, 3.8) is 0 Å². The van der Waals surface area contributed by atoms with Gasteiger partial charge in [-0.15, -0.1) is 6.58 Å². The van der Waals surface area contributed by atoms with Gasteiger partial charge in [-0.2, -0.15) is 0 Å². The topological polar surface area (TPSA) is 29.5 Å². The minimum Gasteiger partial charge on any atom is -0.390 e. The standard InChI is InChI=1S/C15H26O2/c1-3-4-8-14(2,16)13-7-11-17-15(12-13)9-5-6-10-15/h3,13,16H,1,4-12H2,2H3. The van der Waals surface area contributed by atoms with E-state index >= 15 is 0 Å². The van der Waals surface area contributed by atoms with Crippen LogP contribution in [0.3, 0.4) is 0 Å². The van der Waals surface area contributed by atoms with Crippen LogP contribution in [0.15, 0.2) is 12.7 Å². The van der Waals surface area contributed by atoms with Crippen molar-refractivity contribution in [2.75, 3.05) is 6.61 Å². The average Bonchev–Trinajstić information content (AvgIpc) is 2.75. The van der Waals surface area contributed by atoms with Crippen LogP contribution in [0, 0.1) is 5.92 Å². The first kappa shape index (κ1) is 13.1. The maximum Gasteiger partial charge on any atom is 0.0686 e. The molecule has 1 aliphatic carbocycles. The number of rotatable bonds is 4. The minimum atomic E-state index is -0.548. The van der Waals surface area contributed by atoms with Crippen molar-refractivity contribution < 1.29 is 9.84 Å². The normalized spacial score (nSPS) is 31.3. The molecule has 2 nitrogen and oxygen atoms in total. The third kappa shape index (κ3) is 2.92. The van der Waals surface area contributed by atoms with E-state index in [1.807, 2.05) is 13.0 Å². The van der Waals surface area contributed by atoms with E-state index in [9.17, 15) is 5.11 Å². The molecule has 1 saturated heterocycles. The van der Waals surface area contributed by atoms with E-state index in [1.54, 1.807) is 0 Å². The zero-order valence-electron chi connectivity index (χ0n) is 11.1. The molecular formula is C15H26O2. The molecule has 1 spiro atoms. The Labute approximate surface area is 105 Å². The lowest BCUT2D eigenvalue weighted by atomic mass is 9.74. The van der Waals surface area contributed by atoms with Gasteiger partial charge in [0.05, 0.1) is 11.2 Å². The number of hydrogen-bond acceptors (Lipinski definition) is 2. The van der Waals surface area contributed by atoms with Gasteiger partial charge in [-0.25, -0.2) is 0 Å². The van der Waals surface area contributed by atoms with Crippen molar-refractivity contribution in [1.82, 2.24) is 0 Å². The largest absolute Gasteiger partial charge is 0.390 e. The number of allylic oxidation sites excluding steroid dienone is 1. The van der Waals surface area contributed by atoms with Crippen LogP contribution in [-0.4, -0.2) is 22.9 Å². The Balaban J connectivity index is 1.98. The third-order valence-electron chi connectivity index (χ3n) is 4.74. The SMILES string of the molecule is C=CCCC(C)(O)C1CCOC2(CCCC2)C1. The Bertz CT molecular complexity index is 264. The van der Waals surface area contributed by atoms with Crippen LogP contribution >= 0.6 is 0 Å². The second-order valence-electron chi connectivity index (χ2n) is 6.11. The van der Waals surface area contributed by atoms with Crippen LogP contribution in [0.1, 0.15) is 58.3 Å². The fourth-order valence-corrected chi connectivity index (χ4v) is 3.52. The molecule has 0 aromatic carbocycles.